The number of pyridine rings is 1. The van der Waals surface area contributed by atoms with E-state index in [9.17, 15) is 4.79 Å². The molecule has 0 aliphatic heterocycles. The zero-order valence-corrected chi connectivity index (χ0v) is 13.3. The van der Waals surface area contributed by atoms with E-state index >= 15 is 0 Å². The van der Waals surface area contributed by atoms with Gasteiger partial charge in [-0.05, 0) is 24.0 Å². The average Bonchev–Trinajstić information content (AvgIpc) is 2.39. The van der Waals surface area contributed by atoms with Crippen LogP contribution in [0.25, 0.3) is 0 Å². The van der Waals surface area contributed by atoms with Gasteiger partial charge in [-0.1, -0.05) is 51.6 Å². The molecule has 0 aliphatic carbocycles. The maximum Gasteiger partial charge on any atom is 0.271 e. The number of aromatic nitrogens is 1. The van der Waals surface area contributed by atoms with Crippen LogP contribution in [0.5, 0.6) is 0 Å². The Balaban J connectivity index is 2.56. The molecule has 0 unspecified atom stereocenters. The number of anilines is 1. The number of nitrogens with one attached hydrogen (secondary N) is 1. The molecule has 0 spiro atoms. The minimum Gasteiger partial charge on any atom is -0.384 e. The summed E-state index contributed by atoms with van der Waals surface area (Å²) in [6.07, 6.45) is 4.68. The summed E-state index contributed by atoms with van der Waals surface area (Å²) >= 11 is 5.96. The van der Waals surface area contributed by atoms with Gasteiger partial charge in [-0.15, -0.1) is 0 Å². The number of carbonyl (C=O) groups excluding carboxylic acids is 1. The third-order valence-electron chi connectivity index (χ3n) is 3.27. The number of amides is 1. The lowest BCUT2D eigenvalue weighted by Gasteiger charge is -2.25. The normalized spacial score (nSPS) is 11.4. The van der Waals surface area contributed by atoms with Gasteiger partial charge < -0.3 is 11.1 Å². The second kappa shape index (κ2) is 7.48. The summed E-state index contributed by atoms with van der Waals surface area (Å²) < 4.78 is 0. The third-order valence-corrected chi connectivity index (χ3v) is 3.57. The number of nitrogen functional groups attached to an aromatic ring is 1. The number of halogens is 1. The largest absolute Gasteiger partial charge is 0.384 e. The molecule has 1 aromatic heterocycles. The topological polar surface area (TPSA) is 68.0 Å². The molecule has 0 saturated carbocycles. The minimum absolute atomic E-state index is 0.0671. The molecule has 1 amide bonds. The first-order valence-corrected chi connectivity index (χ1v) is 7.44. The lowest BCUT2D eigenvalue weighted by Crippen LogP contribution is -2.34. The predicted molar refractivity (Wildman–Crippen MR) is 83.9 cm³/mol. The van der Waals surface area contributed by atoms with E-state index in [0.717, 1.165) is 6.42 Å². The van der Waals surface area contributed by atoms with Crippen molar-refractivity contribution in [1.29, 1.82) is 0 Å². The molecule has 0 fully saturated rings. The average molecular weight is 298 g/mol. The van der Waals surface area contributed by atoms with Gasteiger partial charge in [0.2, 0.25) is 0 Å². The van der Waals surface area contributed by atoms with E-state index in [-0.39, 0.29) is 17.0 Å². The number of nitrogens with two attached hydrogens (primary N) is 1. The molecule has 20 heavy (non-hydrogen) atoms. The highest BCUT2D eigenvalue weighted by Gasteiger charge is 2.20. The zero-order chi connectivity index (χ0) is 15.2. The van der Waals surface area contributed by atoms with Crippen molar-refractivity contribution in [2.75, 3.05) is 12.3 Å². The standard InChI is InChI=1S/C15H24ClN3O/c1-4-5-6-9-15(2,3)10-18-14(20)13-11(16)7-8-12(17)19-13/h7-8H,4-6,9-10H2,1-3H3,(H2,17,19)(H,18,20). The minimum atomic E-state index is -0.272. The van der Waals surface area contributed by atoms with Crippen LogP contribution in [0.2, 0.25) is 5.02 Å². The molecular formula is C15H24ClN3O. The van der Waals surface area contributed by atoms with Gasteiger partial charge in [-0.2, -0.15) is 0 Å². The maximum absolute atomic E-state index is 12.1. The Kier molecular flexibility index (Phi) is 6.27. The third kappa shape index (κ3) is 5.37. The summed E-state index contributed by atoms with van der Waals surface area (Å²) in [5.41, 5.74) is 5.84. The van der Waals surface area contributed by atoms with Crippen molar-refractivity contribution in [3.8, 4) is 0 Å². The number of hydrogen-bond acceptors (Lipinski definition) is 3. The number of unbranched alkanes of at least 4 members (excludes halogenated alkanes) is 2. The maximum atomic E-state index is 12.1. The van der Waals surface area contributed by atoms with Gasteiger partial charge in [-0.3, -0.25) is 4.79 Å². The molecule has 1 heterocycles. The summed E-state index contributed by atoms with van der Waals surface area (Å²) in [4.78, 5) is 16.1. The molecule has 0 bridgehead atoms. The smallest absolute Gasteiger partial charge is 0.271 e. The van der Waals surface area contributed by atoms with Gasteiger partial charge in [0.15, 0.2) is 0 Å². The number of carbonyl (C=O) groups is 1. The summed E-state index contributed by atoms with van der Waals surface area (Å²) in [6.45, 7) is 7.08. The summed E-state index contributed by atoms with van der Waals surface area (Å²) in [6, 6.07) is 3.17. The molecule has 3 N–H and O–H groups in total. The second-order valence-corrected chi connectivity index (χ2v) is 6.28. The summed E-state index contributed by atoms with van der Waals surface area (Å²) in [5.74, 6) is 0.0209. The molecule has 1 rings (SSSR count). The van der Waals surface area contributed by atoms with E-state index in [0.29, 0.717) is 17.4 Å². The Hall–Kier alpha value is -1.29. The van der Waals surface area contributed by atoms with Crippen LogP contribution in [0.15, 0.2) is 12.1 Å². The van der Waals surface area contributed by atoms with E-state index in [1.165, 1.54) is 19.3 Å². The fourth-order valence-electron chi connectivity index (χ4n) is 1.96. The van der Waals surface area contributed by atoms with Crippen molar-refractivity contribution in [1.82, 2.24) is 10.3 Å². The Labute approximate surface area is 126 Å². The fourth-order valence-corrected chi connectivity index (χ4v) is 2.15. The van der Waals surface area contributed by atoms with Gasteiger partial charge in [0.05, 0.1) is 5.02 Å². The van der Waals surface area contributed by atoms with Crippen molar-refractivity contribution in [3.05, 3.63) is 22.8 Å². The summed E-state index contributed by atoms with van der Waals surface area (Å²) in [7, 11) is 0. The monoisotopic (exact) mass is 297 g/mol. The second-order valence-electron chi connectivity index (χ2n) is 5.87. The zero-order valence-electron chi connectivity index (χ0n) is 12.5. The van der Waals surface area contributed by atoms with E-state index in [1.54, 1.807) is 12.1 Å². The molecule has 0 atom stereocenters. The van der Waals surface area contributed by atoms with Crippen LogP contribution in [0.4, 0.5) is 5.82 Å². The van der Waals surface area contributed by atoms with Gasteiger partial charge in [0.1, 0.15) is 11.5 Å². The van der Waals surface area contributed by atoms with Gasteiger partial charge in [0, 0.05) is 6.54 Å². The first-order chi connectivity index (χ1) is 9.35. The fraction of sp³-hybridized carbons (Fsp3) is 0.600. The lowest BCUT2D eigenvalue weighted by molar-refractivity contribution is 0.0929. The lowest BCUT2D eigenvalue weighted by atomic mass is 9.87. The van der Waals surface area contributed by atoms with Crippen LogP contribution in [0, 0.1) is 5.41 Å². The molecular weight excluding hydrogens is 274 g/mol. The highest BCUT2D eigenvalue weighted by atomic mass is 35.5. The van der Waals surface area contributed by atoms with Crippen LogP contribution < -0.4 is 11.1 Å². The van der Waals surface area contributed by atoms with E-state index in [2.05, 4.69) is 31.1 Å². The number of rotatable bonds is 7. The highest BCUT2D eigenvalue weighted by Crippen LogP contribution is 2.23. The van der Waals surface area contributed by atoms with E-state index in [4.69, 9.17) is 17.3 Å². The van der Waals surface area contributed by atoms with Crippen molar-refractivity contribution < 1.29 is 4.79 Å². The molecule has 5 heteroatoms. The number of hydrogen-bond donors (Lipinski definition) is 2. The highest BCUT2D eigenvalue weighted by molar-refractivity contribution is 6.33. The molecule has 112 valence electrons. The van der Waals surface area contributed by atoms with E-state index in [1.807, 2.05) is 0 Å². The molecule has 0 saturated heterocycles. The predicted octanol–water partition coefficient (Wildman–Crippen LogP) is 3.65. The van der Waals surface area contributed by atoms with Crippen molar-refractivity contribution in [3.63, 3.8) is 0 Å². The molecule has 1 aromatic rings. The Morgan fingerprint density at radius 2 is 2.10 bits per heavy atom. The first kappa shape index (κ1) is 16.8. The van der Waals surface area contributed by atoms with Gasteiger partial charge in [-0.25, -0.2) is 4.98 Å². The van der Waals surface area contributed by atoms with Crippen LogP contribution in [0.1, 0.15) is 56.9 Å². The van der Waals surface area contributed by atoms with Crippen molar-refractivity contribution in [2.24, 2.45) is 5.41 Å². The molecule has 0 aliphatic rings. The van der Waals surface area contributed by atoms with Crippen LogP contribution in [0.3, 0.4) is 0 Å². The van der Waals surface area contributed by atoms with E-state index < -0.39 is 0 Å². The summed E-state index contributed by atoms with van der Waals surface area (Å²) in [5, 5.41) is 3.21. The van der Waals surface area contributed by atoms with Crippen molar-refractivity contribution in [2.45, 2.75) is 46.5 Å². The Morgan fingerprint density at radius 3 is 2.75 bits per heavy atom. The Morgan fingerprint density at radius 1 is 1.40 bits per heavy atom. The SMILES string of the molecule is CCCCCC(C)(C)CNC(=O)c1nc(N)ccc1Cl. The van der Waals surface area contributed by atoms with Crippen LogP contribution in [-0.4, -0.2) is 17.4 Å². The Bertz CT molecular complexity index is 460. The molecule has 0 aromatic carbocycles. The van der Waals surface area contributed by atoms with Gasteiger partial charge in [0.25, 0.3) is 5.91 Å². The molecule has 0 radical (unpaired) electrons. The van der Waals surface area contributed by atoms with Crippen LogP contribution in [-0.2, 0) is 0 Å². The van der Waals surface area contributed by atoms with Gasteiger partial charge >= 0.3 is 0 Å². The number of nitrogens with zero attached hydrogens (tertiary/aromatic N) is 1. The first-order valence-electron chi connectivity index (χ1n) is 7.06. The van der Waals surface area contributed by atoms with Crippen molar-refractivity contribution >= 4 is 23.3 Å². The quantitative estimate of drug-likeness (QED) is 0.755. The molecule has 4 nitrogen and oxygen atoms in total. The van der Waals surface area contributed by atoms with Crippen LogP contribution >= 0.6 is 11.6 Å².